The molecule has 1 aliphatic rings. The normalized spacial score (nSPS) is 20.3. The molecule has 2 aromatic rings. The van der Waals surface area contributed by atoms with Gasteiger partial charge in [-0.2, -0.15) is 0 Å². The number of aliphatic hydroxyl groups excluding tert-OH is 1. The van der Waals surface area contributed by atoms with Crippen molar-refractivity contribution in [1.29, 1.82) is 0 Å². The lowest BCUT2D eigenvalue weighted by atomic mass is 9.86. The quantitative estimate of drug-likeness (QED) is 0.611. The topological polar surface area (TPSA) is 65.0 Å². The molecular weight excluding hydrogens is 332 g/mol. The van der Waals surface area contributed by atoms with Gasteiger partial charge in [0.15, 0.2) is 11.5 Å². The lowest BCUT2D eigenvalue weighted by Gasteiger charge is -2.20. The highest BCUT2D eigenvalue weighted by Gasteiger charge is 2.41. The smallest absolute Gasteiger partial charge is 0.312 e. The van der Waals surface area contributed by atoms with Crippen molar-refractivity contribution in [3.8, 4) is 11.5 Å². The number of aliphatic hydroxyl groups is 1. The van der Waals surface area contributed by atoms with Crippen molar-refractivity contribution in [2.45, 2.75) is 12.7 Å². The standard InChI is InChI=1S/C21H22O5/c1-3-15-13-26-21(23)19(15)20(22)16-9-10-17(18(11-16)24-2)25-12-14-7-5-4-6-8-14/h3-11,15,19-20,22H,1,12-13H2,2H3/t15-,19-,20?/m0/s1. The van der Waals surface area contributed by atoms with Gasteiger partial charge in [0.1, 0.15) is 6.61 Å². The summed E-state index contributed by atoms with van der Waals surface area (Å²) in [5.41, 5.74) is 1.62. The van der Waals surface area contributed by atoms with Crippen LogP contribution < -0.4 is 9.47 Å². The summed E-state index contributed by atoms with van der Waals surface area (Å²) in [6.07, 6.45) is 0.651. The van der Waals surface area contributed by atoms with Crippen molar-refractivity contribution in [3.05, 3.63) is 72.3 Å². The molecule has 3 rings (SSSR count). The van der Waals surface area contributed by atoms with Crippen LogP contribution in [0, 0.1) is 11.8 Å². The lowest BCUT2D eigenvalue weighted by molar-refractivity contribution is -0.144. The number of rotatable bonds is 7. The number of hydrogen-bond acceptors (Lipinski definition) is 5. The first-order chi connectivity index (χ1) is 12.6. The molecule has 0 radical (unpaired) electrons. The summed E-state index contributed by atoms with van der Waals surface area (Å²) in [5.74, 6) is -0.211. The van der Waals surface area contributed by atoms with Crippen molar-refractivity contribution < 1.29 is 24.1 Å². The van der Waals surface area contributed by atoms with Gasteiger partial charge in [-0.15, -0.1) is 6.58 Å². The fraction of sp³-hybridized carbons (Fsp3) is 0.286. The predicted molar refractivity (Wildman–Crippen MR) is 96.9 cm³/mol. The molecule has 5 nitrogen and oxygen atoms in total. The molecule has 0 amide bonds. The predicted octanol–water partition coefficient (Wildman–Crippen LogP) is 3.28. The summed E-state index contributed by atoms with van der Waals surface area (Å²) in [4.78, 5) is 12.0. The van der Waals surface area contributed by atoms with E-state index >= 15 is 0 Å². The van der Waals surface area contributed by atoms with Crippen LogP contribution >= 0.6 is 0 Å². The van der Waals surface area contributed by atoms with Crippen LogP contribution in [0.1, 0.15) is 17.2 Å². The SMILES string of the molecule is C=C[C@H]1COC(=O)[C@@H]1C(O)c1ccc(OCc2ccccc2)c(OC)c1. The van der Waals surface area contributed by atoms with Crippen LogP contribution in [-0.4, -0.2) is 24.8 Å². The molecule has 0 spiro atoms. The van der Waals surface area contributed by atoms with Crippen LogP contribution in [0.5, 0.6) is 11.5 Å². The molecule has 1 unspecified atom stereocenters. The van der Waals surface area contributed by atoms with E-state index < -0.39 is 18.0 Å². The number of benzene rings is 2. The molecule has 0 aromatic heterocycles. The van der Waals surface area contributed by atoms with Gasteiger partial charge in [0.05, 0.1) is 25.7 Å². The van der Waals surface area contributed by atoms with Gasteiger partial charge in [0.25, 0.3) is 0 Å². The van der Waals surface area contributed by atoms with E-state index in [9.17, 15) is 9.90 Å². The molecule has 1 heterocycles. The number of methoxy groups -OCH3 is 1. The third-order valence-corrected chi connectivity index (χ3v) is 4.56. The molecule has 0 aliphatic carbocycles. The second-order valence-electron chi connectivity index (χ2n) is 6.18. The summed E-state index contributed by atoms with van der Waals surface area (Å²) < 4.78 is 16.3. The molecule has 26 heavy (non-hydrogen) atoms. The van der Waals surface area contributed by atoms with Gasteiger partial charge < -0.3 is 19.3 Å². The highest BCUT2D eigenvalue weighted by Crippen LogP contribution is 2.38. The highest BCUT2D eigenvalue weighted by molar-refractivity contribution is 5.76. The molecule has 1 aliphatic heterocycles. The lowest BCUT2D eigenvalue weighted by Crippen LogP contribution is -2.23. The van der Waals surface area contributed by atoms with E-state index in [1.54, 1.807) is 24.3 Å². The monoisotopic (exact) mass is 354 g/mol. The van der Waals surface area contributed by atoms with Gasteiger partial charge >= 0.3 is 5.97 Å². The molecule has 0 bridgehead atoms. The van der Waals surface area contributed by atoms with Gasteiger partial charge in [-0.3, -0.25) is 4.79 Å². The van der Waals surface area contributed by atoms with Gasteiger partial charge in [0.2, 0.25) is 0 Å². The van der Waals surface area contributed by atoms with Crippen molar-refractivity contribution in [2.24, 2.45) is 11.8 Å². The zero-order valence-electron chi connectivity index (χ0n) is 14.6. The first-order valence-corrected chi connectivity index (χ1v) is 8.46. The maximum Gasteiger partial charge on any atom is 0.312 e. The Balaban J connectivity index is 1.77. The Kier molecular flexibility index (Phi) is 5.58. The molecule has 1 fully saturated rings. The zero-order valence-corrected chi connectivity index (χ0v) is 14.6. The minimum Gasteiger partial charge on any atom is -0.493 e. The first kappa shape index (κ1) is 18.0. The molecule has 3 atom stereocenters. The van der Waals surface area contributed by atoms with E-state index in [1.807, 2.05) is 30.3 Å². The molecule has 1 N–H and O–H groups in total. The maximum atomic E-state index is 12.0. The van der Waals surface area contributed by atoms with Crippen LogP contribution in [0.3, 0.4) is 0 Å². The Morgan fingerprint density at radius 2 is 2.04 bits per heavy atom. The molecule has 1 saturated heterocycles. The fourth-order valence-electron chi connectivity index (χ4n) is 3.06. The Morgan fingerprint density at radius 1 is 1.27 bits per heavy atom. The van der Waals surface area contributed by atoms with E-state index in [1.165, 1.54) is 7.11 Å². The number of carbonyl (C=O) groups excluding carboxylic acids is 1. The molecule has 136 valence electrons. The number of carbonyl (C=O) groups is 1. The van der Waals surface area contributed by atoms with E-state index in [-0.39, 0.29) is 12.5 Å². The number of esters is 1. The second-order valence-corrected chi connectivity index (χ2v) is 6.18. The van der Waals surface area contributed by atoms with Gasteiger partial charge in [-0.1, -0.05) is 42.5 Å². The number of hydrogen-bond donors (Lipinski definition) is 1. The van der Waals surface area contributed by atoms with E-state index in [0.29, 0.717) is 23.7 Å². The van der Waals surface area contributed by atoms with Crippen LogP contribution in [0.2, 0.25) is 0 Å². The Labute approximate surface area is 152 Å². The van der Waals surface area contributed by atoms with Crippen molar-refractivity contribution in [3.63, 3.8) is 0 Å². The first-order valence-electron chi connectivity index (χ1n) is 8.46. The van der Waals surface area contributed by atoms with Crippen molar-refractivity contribution in [2.75, 3.05) is 13.7 Å². The van der Waals surface area contributed by atoms with E-state index in [4.69, 9.17) is 14.2 Å². The summed E-state index contributed by atoms with van der Waals surface area (Å²) in [5, 5.41) is 10.7. The van der Waals surface area contributed by atoms with Crippen LogP contribution in [0.4, 0.5) is 0 Å². The van der Waals surface area contributed by atoms with Crippen LogP contribution in [0.15, 0.2) is 61.2 Å². The summed E-state index contributed by atoms with van der Waals surface area (Å²) in [6, 6.07) is 15.0. The summed E-state index contributed by atoms with van der Waals surface area (Å²) >= 11 is 0. The maximum absolute atomic E-state index is 12.0. The number of cyclic esters (lactones) is 1. The second kappa shape index (κ2) is 8.06. The third kappa shape index (κ3) is 3.73. The van der Waals surface area contributed by atoms with Crippen LogP contribution in [-0.2, 0) is 16.1 Å². The minimum atomic E-state index is -0.995. The zero-order chi connectivity index (χ0) is 18.5. The van der Waals surface area contributed by atoms with Gasteiger partial charge in [-0.05, 0) is 23.3 Å². The fourth-order valence-corrected chi connectivity index (χ4v) is 3.06. The van der Waals surface area contributed by atoms with Gasteiger partial charge in [0, 0.05) is 5.92 Å². The van der Waals surface area contributed by atoms with Crippen molar-refractivity contribution >= 4 is 5.97 Å². The van der Waals surface area contributed by atoms with E-state index in [0.717, 1.165) is 5.56 Å². The molecule has 5 heteroatoms. The summed E-state index contributed by atoms with van der Waals surface area (Å²) in [6.45, 7) is 4.38. The Bertz CT molecular complexity index is 771. The largest absolute Gasteiger partial charge is 0.493 e. The van der Waals surface area contributed by atoms with Gasteiger partial charge in [-0.25, -0.2) is 0 Å². The average molecular weight is 354 g/mol. The number of ether oxygens (including phenoxy) is 3. The third-order valence-electron chi connectivity index (χ3n) is 4.56. The van der Waals surface area contributed by atoms with Crippen LogP contribution in [0.25, 0.3) is 0 Å². The Morgan fingerprint density at radius 3 is 2.73 bits per heavy atom. The van der Waals surface area contributed by atoms with Crippen molar-refractivity contribution in [1.82, 2.24) is 0 Å². The average Bonchev–Trinajstić information content (AvgIpc) is 3.07. The highest BCUT2D eigenvalue weighted by atomic mass is 16.5. The Hall–Kier alpha value is -2.79. The minimum absolute atomic E-state index is 0.211. The van der Waals surface area contributed by atoms with E-state index in [2.05, 4.69) is 6.58 Å². The molecular formula is C21H22O5. The molecule has 2 aromatic carbocycles. The molecule has 0 saturated carbocycles. The summed E-state index contributed by atoms with van der Waals surface area (Å²) in [7, 11) is 1.54.